The van der Waals surface area contributed by atoms with Gasteiger partial charge in [0.1, 0.15) is 0 Å². The first-order chi connectivity index (χ1) is 8.38. The lowest BCUT2D eigenvalue weighted by Crippen LogP contribution is -2.38. The highest BCUT2D eigenvalue weighted by molar-refractivity contribution is 4.74. The van der Waals surface area contributed by atoms with Crippen molar-refractivity contribution in [1.82, 2.24) is 10.2 Å². The van der Waals surface area contributed by atoms with Gasteiger partial charge in [0.05, 0.1) is 0 Å². The summed E-state index contributed by atoms with van der Waals surface area (Å²) >= 11 is 0. The van der Waals surface area contributed by atoms with Gasteiger partial charge in [0, 0.05) is 5.54 Å². The molecule has 1 fully saturated rings. The van der Waals surface area contributed by atoms with Crippen molar-refractivity contribution in [2.75, 3.05) is 26.2 Å². The van der Waals surface area contributed by atoms with E-state index in [2.05, 4.69) is 44.8 Å². The lowest BCUT2D eigenvalue weighted by molar-refractivity contribution is 0.264. The Morgan fingerprint density at radius 2 is 1.89 bits per heavy atom. The van der Waals surface area contributed by atoms with Gasteiger partial charge in [0.2, 0.25) is 0 Å². The van der Waals surface area contributed by atoms with Crippen molar-refractivity contribution < 1.29 is 0 Å². The van der Waals surface area contributed by atoms with Gasteiger partial charge in [-0.1, -0.05) is 13.8 Å². The van der Waals surface area contributed by atoms with Gasteiger partial charge in [-0.15, -0.1) is 0 Å². The topological polar surface area (TPSA) is 15.3 Å². The maximum absolute atomic E-state index is 3.58. The van der Waals surface area contributed by atoms with Crippen molar-refractivity contribution >= 4 is 0 Å². The molecule has 1 saturated heterocycles. The maximum Gasteiger partial charge on any atom is 0.00965 e. The molecule has 1 atom stereocenters. The van der Waals surface area contributed by atoms with Crippen LogP contribution in [0.4, 0.5) is 0 Å². The Morgan fingerprint density at radius 3 is 2.50 bits per heavy atom. The molecule has 0 spiro atoms. The number of hydrogen-bond acceptors (Lipinski definition) is 2. The zero-order chi connectivity index (χ0) is 13.6. The number of likely N-dealkylation sites (tertiary alicyclic amines) is 1. The van der Waals surface area contributed by atoms with E-state index in [1.54, 1.807) is 0 Å². The molecular weight excluding hydrogens is 220 g/mol. The second-order valence-corrected chi connectivity index (χ2v) is 7.31. The average molecular weight is 254 g/mol. The summed E-state index contributed by atoms with van der Waals surface area (Å²) in [6, 6.07) is 0. The Balaban J connectivity index is 2.16. The highest BCUT2D eigenvalue weighted by Crippen LogP contribution is 2.24. The van der Waals surface area contributed by atoms with E-state index in [0.29, 0.717) is 0 Å². The third-order valence-corrected chi connectivity index (χ3v) is 4.11. The molecule has 0 aromatic carbocycles. The molecule has 2 heteroatoms. The fraction of sp³-hybridized carbons (Fsp3) is 1.00. The van der Waals surface area contributed by atoms with Crippen LogP contribution in [0.15, 0.2) is 0 Å². The standard InChI is InChI=1S/C16H34N2/c1-14(2)15-8-6-11-18(13-9-15)12-7-10-17-16(3,4)5/h14-15,17H,6-13H2,1-5H3. The molecule has 1 rings (SSSR count). The minimum absolute atomic E-state index is 0.265. The first kappa shape index (κ1) is 16.0. The Hall–Kier alpha value is -0.0800. The van der Waals surface area contributed by atoms with Crippen LogP contribution in [-0.2, 0) is 0 Å². The molecule has 0 bridgehead atoms. The van der Waals surface area contributed by atoms with Crippen molar-refractivity contribution in [1.29, 1.82) is 0 Å². The third kappa shape index (κ3) is 6.75. The molecule has 1 unspecified atom stereocenters. The van der Waals surface area contributed by atoms with Crippen LogP contribution in [0.1, 0.15) is 60.3 Å². The van der Waals surface area contributed by atoms with Crippen molar-refractivity contribution in [3.63, 3.8) is 0 Å². The smallest absolute Gasteiger partial charge is 0.00965 e. The van der Waals surface area contributed by atoms with E-state index < -0.39 is 0 Å². The summed E-state index contributed by atoms with van der Waals surface area (Å²) in [6.45, 7) is 16.5. The van der Waals surface area contributed by atoms with Gasteiger partial charge in [-0.3, -0.25) is 0 Å². The second kappa shape index (κ2) is 7.49. The van der Waals surface area contributed by atoms with Gasteiger partial charge >= 0.3 is 0 Å². The molecule has 0 radical (unpaired) electrons. The minimum atomic E-state index is 0.265. The lowest BCUT2D eigenvalue weighted by atomic mass is 9.89. The molecule has 1 aliphatic heterocycles. The van der Waals surface area contributed by atoms with Gasteiger partial charge in [-0.2, -0.15) is 0 Å². The Kier molecular flexibility index (Phi) is 6.65. The summed E-state index contributed by atoms with van der Waals surface area (Å²) in [5, 5.41) is 3.58. The van der Waals surface area contributed by atoms with Crippen LogP contribution >= 0.6 is 0 Å². The van der Waals surface area contributed by atoms with Crippen molar-refractivity contribution in [3.8, 4) is 0 Å². The largest absolute Gasteiger partial charge is 0.312 e. The van der Waals surface area contributed by atoms with Crippen LogP contribution in [0.25, 0.3) is 0 Å². The minimum Gasteiger partial charge on any atom is -0.312 e. The van der Waals surface area contributed by atoms with Crippen molar-refractivity contribution in [2.24, 2.45) is 11.8 Å². The summed E-state index contributed by atoms with van der Waals surface area (Å²) < 4.78 is 0. The van der Waals surface area contributed by atoms with E-state index >= 15 is 0 Å². The zero-order valence-electron chi connectivity index (χ0n) is 13.3. The lowest BCUT2D eigenvalue weighted by Gasteiger charge is -2.24. The van der Waals surface area contributed by atoms with Crippen LogP contribution in [0.2, 0.25) is 0 Å². The molecule has 0 aromatic rings. The van der Waals surface area contributed by atoms with Crippen LogP contribution in [0, 0.1) is 11.8 Å². The highest BCUT2D eigenvalue weighted by Gasteiger charge is 2.19. The average Bonchev–Trinajstić information content (AvgIpc) is 2.48. The van der Waals surface area contributed by atoms with Crippen LogP contribution in [0.3, 0.4) is 0 Å². The third-order valence-electron chi connectivity index (χ3n) is 4.11. The Morgan fingerprint density at radius 1 is 1.17 bits per heavy atom. The molecule has 0 saturated carbocycles. The summed E-state index contributed by atoms with van der Waals surface area (Å²) in [4.78, 5) is 2.67. The summed E-state index contributed by atoms with van der Waals surface area (Å²) in [5.41, 5.74) is 0.265. The van der Waals surface area contributed by atoms with Crippen molar-refractivity contribution in [2.45, 2.75) is 65.8 Å². The second-order valence-electron chi connectivity index (χ2n) is 7.31. The van der Waals surface area contributed by atoms with E-state index in [9.17, 15) is 0 Å². The van der Waals surface area contributed by atoms with Gasteiger partial charge < -0.3 is 10.2 Å². The molecule has 1 aliphatic rings. The fourth-order valence-corrected chi connectivity index (χ4v) is 2.84. The first-order valence-corrected chi connectivity index (χ1v) is 7.86. The van der Waals surface area contributed by atoms with Gasteiger partial charge in [0.25, 0.3) is 0 Å². The number of hydrogen-bond donors (Lipinski definition) is 1. The first-order valence-electron chi connectivity index (χ1n) is 7.86. The SMILES string of the molecule is CC(C)C1CCCN(CCCNC(C)(C)C)CC1. The molecule has 108 valence electrons. The predicted molar refractivity (Wildman–Crippen MR) is 81.0 cm³/mol. The fourth-order valence-electron chi connectivity index (χ4n) is 2.84. The Bertz CT molecular complexity index is 218. The maximum atomic E-state index is 3.58. The van der Waals surface area contributed by atoms with Gasteiger partial charge in [0.15, 0.2) is 0 Å². The van der Waals surface area contributed by atoms with Gasteiger partial charge in [-0.05, 0) is 84.5 Å². The quantitative estimate of drug-likeness (QED) is 0.755. The molecule has 18 heavy (non-hydrogen) atoms. The predicted octanol–water partition coefficient (Wildman–Crippen LogP) is 3.52. The molecule has 0 aliphatic carbocycles. The monoisotopic (exact) mass is 254 g/mol. The van der Waals surface area contributed by atoms with E-state index in [1.807, 2.05) is 0 Å². The van der Waals surface area contributed by atoms with E-state index in [4.69, 9.17) is 0 Å². The van der Waals surface area contributed by atoms with E-state index in [-0.39, 0.29) is 5.54 Å². The Labute approximate surface area is 115 Å². The molecule has 0 aromatic heterocycles. The summed E-state index contributed by atoms with van der Waals surface area (Å²) in [7, 11) is 0. The number of rotatable bonds is 5. The van der Waals surface area contributed by atoms with Crippen LogP contribution in [-0.4, -0.2) is 36.6 Å². The molecule has 1 heterocycles. The number of nitrogens with one attached hydrogen (secondary N) is 1. The molecule has 0 amide bonds. The zero-order valence-corrected chi connectivity index (χ0v) is 13.3. The molecular formula is C16H34N2. The summed E-state index contributed by atoms with van der Waals surface area (Å²) in [6.07, 6.45) is 5.53. The summed E-state index contributed by atoms with van der Waals surface area (Å²) in [5.74, 6) is 1.83. The molecule has 1 N–H and O–H groups in total. The normalized spacial score (nSPS) is 23.3. The van der Waals surface area contributed by atoms with Crippen molar-refractivity contribution in [3.05, 3.63) is 0 Å². The van der Waals surface area contributed by atoms with E-state index in [0.717, 1.165) is 18.4 Å². The van der Waals surface area contributed by atoms with E-state index in [1.165, 1.54) is 45.3 Å². The highest BCUT2D eigenvalue weighted by atomic mass is 15.1. The van der Waals surface area contributed by atoms with Crippen LogP contribution in [0.5, 0.6) is 0 Å². The molecule has 2 nitrogen and oxygen atoms in total. The van der Waals surface area contributed by atoms with Gasteiger partial charge in [-0.25, -0.2) is 0 Å². The number of nitrogens with zero attached hydrogens (tertiary/aromatic N) is 1. The van der Waals surface area contributed by atoms with Crippen LogP contribution < -0.4 is 5.32 Å².